The van der Waals surface area contributed by atoms with E-state index in [1.807, 2.05) is 62.4 Å². The van der Waals surface area contributed by atoms with Crippen molar-refractivity contribution in [1.29, 1.82) is 0 Å². The van der Waals surface area contributed by atoms with Gasteiger partial charge in [0.05, 0.1) is 11.1 Å². The van der Waals surface area contributed by atoms with Crippen molar-refractivity contribution in [2.24, 2.45) is 23.7 Å². The molecule has 0 spiro atoms. The number of unbranched alkanes of at least 4 members (excludes halogenated alkanes) is 6. The summed E-state index contributed by atoms with van der Waals surface area (Å²) in [4.78, 5) is 86.5. The quantitative estimate of drug-likeness (QED) is 0.0774. The number of Topliss-reactive ketones (excluding diaryl/α,β-unsaturated/α-hetero) is 4. The summed E-state index contributed by atoms with van der Waals surface area (Å²) in [5.41, 5.74) is 3.04. The molecule has 8 nitrogen and oxygen atoms in total. The van der Waals surface area contributed by atoms with Gasteiger partial charge >= 0.3 is 0 Å². The fraction of sp³-hybridized carbons (Fsp3) is 0.552. The molecule has 352 valence electrons. The first kappa shape index (κ1) is 48.9. The Morgan fingerprint density at radius 3 is 1.53 bits per heavy atom. The van der Waals surface area contributed by atoms with Crippen LogP contribution in [0.4, 0.5) is 0 Å². The summed E-state index contributed by atoms with van der Waals surface area (Å²) in [5, 5.41) is 5.88. The summed E-state index contributed by atoms with van der Waals surface area (Å²) < 4.78 is 0. The van der Waals surface area contributed by atoms with Crippen LogP contribution in [0.5, 0.6) is 0 Å². The molecule has 0 saturated heterocycles. The maximum absolute atomic E-state index is 15.0. The topological polar surface area (TPSA) is 126 Å². The third-order valence-electron chi connectivity index (χ3n) is 15.5. The molecule has 2 atom stereocenters. The van der Waals surface area contributed by atoms with E-state index < -0.39 is 46.8 Å². The third kappa shape index (κ3) is 11.2. The minimum atomic E-state index is -1.56. The summed E-state index contributed by atoms with van der Waals surface area (Å²) in [6.07, 6.45) is 26.6. The SMILES string of the molecule is CCCCCC1CCC(c2ccc(C(=O)NC3=C4C(=O)C5=C(C(=O)C(CCCC)C=C5NC(=O)c5ccc([C@H]6CC[C@H](CCCCC)CC6)cc5)C(=O)C4C(=O)C(CCCC)=C3)cc2)CC1. The average molecular weight is 895 g/mol. The van der Waals surface area contributed by atoms with Crippen molar-refractivity contribution in [3.63, 3.8) is 0 Å². The highest BCUT2D eigenvalue weighted by Crippen LogP contribution is 2.43. The van der Waals surface area contributed by atoms with Crippen molar-refractivity contribution in [2.45, 2.75) is 181 Å². The molecule has 2 saturated carbocycles. The lowest BCUT2D eigenvalue weighted by atomic mass is 9.66. The zero-order valence-corrected chi connectivity index (χ0v) is 40.2. The minimum Gasteiger partial charge on any atom is -0.322 e. The number of carbonyl (C=O) groups excluding carboxylic acids is 6. The fourth-order valence-corrected chi connectivity index (χ4v) is 11.4. The molecule has 5 aliphatic rings. The predicted molar refractivity (Wildman–Crippen MR) is 262 cm³/mol. The summed E-state index contributed by atoms with van der Waals surface area (Å²) in [6, 6.07) is 15.3. The Hall–Kier alpha value is -4.98. The van der Waals surface area contributed by atoms with Gasteiger partial charge in [0.15, 0.2) is 23.1 Å². The third-order valence-corrected chi connectivity index (χ3v) is 15.5. The molecule has 2 fully saturated rings. The molecule has 0 aromatic heterocycles. The Balaban J connectivity index is 1.13. The highest BCUT2D eigenvalue weighted by atomic mass is 16.2. The molecule has 66 heavy (non-hydrogen) atoms. The van der Waals surface area contributed by atoms with E-state index in [1.54, 1.807) is 12.2 Å². The molecule has 2 aromatic rings. The number of hydrogen-bond donors (Lipinski definition) is 2. The van der Waals surface area contributed by atoms with Crippen LogP contribution in [0.2, 0.25) is 0 Å². The van der Waals surface area contributed by atoms with Gasteiger partial charge in [-0.1, -0.05) is 123 Å². The van der Waals surface area contributed by atoms with Gasteiger partial charge in [0, 0.05) is 34.0 Å². The molecule has 8 heteroatoms. The largest absolute Gasteiger partial charge is 0.322 e. The van der Waals surface area contributed by atoms with Crippen molar-refractivity contribution in [3.8, 4) is 0 Å². The van der Waals surface area contributed by atoms with Gasteiger partial charge in [-0.3, -0.25) is 28.8 Å². The molecular formula is C58H74N2O6. The molecule has 7 rings (SSSR count). The van der Waals surface area contributed by atoms with Crippen LogP contribution in [-0.2, 0) is 19.2 Å². The zero-order valence-electron chi connectivity index (χ0n) is 40.2. The molecule has 2 amide bonds. The number of fused-ring (bicyclic) bond motifs is 1. The van der Waals surface area contributed by atoms with Crippen LogP contribution < -0.4 is 10.6 Å². The van der Waals surface area contributed by atoms with Crippen molar-refractivity contribution >= 4 is 34.9 Å². The molecule has 5 aliphatic carbocycles. The van der Waals surface area contributed by atoms with Crippen LogP contribution in [0.1, 0.15) is 213 Å². The number of ketones is 4. The Morgan fingerprint density at radius 1 is 0.530 bits per heavy atom. The van der Waals surface area contributed by atoms with Gasteiger partial charge in [-0.05, 0) is 147 Å². The summed E-state index contributed by atoms with van der Waals surface area (Å²) in [5.74, 6) is -3.23. The van der Waals surface area contributed by atoms with Crippen molar-refractivity contribution in [1.82, 2.24) is 10.6 Å². The van der Waals surface area contributed by atoms with E-state index in [0.717, 1.165) is 50.4 Å². The van der Waals surface area contributed by atoms with Gasteiger partial charge in [-0.2, -0.15) is 0 Å². The van der Waals surface area contributed by atoms with Crippen LogP contribution >= 0.6 is 0 Å². The maximum Gasteiger partial charge on any atom is 0.255 e. The standard InChI is InChI=1S/C58H74N2O6/c1-5-9-13-15-37-19-23-39(24-20-37)41-27-31-43(32-28-41)57(65)59-47-35-45(17-11-7-3)53(61)51-49(47)55(63)50-48(36-46(18-12-8-4)54(62)52(50)56(51)64)60-58(66)44-33-29-42(30-34-44)40-25-21-38(22-26-40)16-14-10-6-2/h27-40,45,52H,5-26H2,1-4H3,(H,59,65)(H,60,66)/t37-,38?,39-,40?,45?,52?. The molecule has 0 radical (unpaired) electrons. The van der Waals surface area contributed by atoms with E-state index in [1.165, 1.54) is 88.2 Å². The number of carbonyl (C=O) groups is 6. The smallest absolute Gasteiger partial charge is 0.255 e. The van der Waals surface area contributed by atoms with E-state index in [9.17, 15) is 24.0 Å². The van der Waals surface area contributed by atoms with E-state index in [0.29, 0.717) is 54.2 Å². The number of nitrogens with one attached hydrogen (secondary N) is 2. The van der Waals surface area contributed by atoms with Crippen molar-refractivity contribution in [3.05, 3.63) is 117 Å². The average Bonchev–Trinajstić information content (AvgIpc) is 3.33. The Labute approximate surface area is 394 Å². The molecule has 0 bridgehead atoms. The van der Waals surface area contributed by atoms with Gasteiger partial charge in [0.1, 0.15) is 5.92 Å². The Morgan fingerprint density at radius 2 is 1.03 bits per heavy atom. The lowest BCUT2D eigenvalue weighted by Crippen LogP contribution is -2.47. The van der Waals surface area contributed by atoms with Crippen LogP contribution in [0, 0.1) is 23.7 Å². The van der Waals surface area contributed by atoms with Gasteiger partial charge in [0.25, 0.3) is 11.8 Å². The molecule has 0 heterocycles. The number of hydrogen-bond acceptors (Lipinski definition) is 6. The lowest BCUT2D eigenvalue weighted by Gasteiger charge is -2.35. The monoisotopic (exact) mass is 895 g/mol. The minimum absolute atomic E-state index is 0.0860. The van der Waals surface area contributed by atoms with E-state index in [4.69, 9.17) is 0 Å². The van der Waals surface area contributed by atoms with Gasteiger partial charge < -0.3 is 10.6 Å². The molecule has 2 N–H and O–H groups in total. The molecular weight excluding hydrogens is 821 g/mol. The number of rotatable bonds is 20. The predicted octanol–water partition coefficient (Wildman–Crippen LogP) is 12.8. The zero-order chi connectivity index (χ0) is 46.7. The van der Waals surface area contributed by atoms with Gasteiger partial charge in [-0.25, -0.2) is 0 Å². The summed E-state index contributed by atoms with van der Waals surface area (Å²) in [6.45, 7) is 8.50. The second-order valence-electron chi connectivity index (χ2n) is 20.1. The van der Waals surface area contributed by atoms with E-state index >= 15 is 4.79 Å². The normalized spacial score (nSPS) is 24.4. The first-order valence-electron chi connectivity index (χ1n) is 26.0. The van der Waals surface area contributed by atoms with Gasteiger partial charge in [0.2, 0.25) is 0 Å². The molecule has 0 aliphatic heterocycles. The van der Waals surface area contributed by atoms with Crippen molar-refractivity contribution < 1.29 is 28.8 Å². The number of benzene rings is 2. The van der Waals surface area contributed by atoms with Crippen LogP contribution in [0.3, 0.4) is 0 Å². The van der Waals surface area contributed by atoms with Crippen LogP contribution in [0.25, 0.3) is 0 Å². The lowest BCUT2D eigenvalue weighted by molar-refractivity contribution is -0.132. The second kappa shape index (κ2) is 23.2. The Bertz CT molecular complexity index is 2240. The van der Waals surface area contributed by atoms with Gasteiger partial charge in [-0.15, -0.1) is 0 Å². The maximum atomic E-state index is 15.0. The van der Waals surface area contributed by atoms with Crippen molar-refractivity contribution in [2.75, 3.05) is 0 Å². The van der Waals surface area contributed by atoms with E-state index in [2.05, 4.69) is 24.5 Å². The number of allylic oxidation sites excluding steroid dienone is 6. The second-order valence-corrected chi connectivity index (χ2v) is 20.1. The number of amides is 2. The summed E-state index contributed by atoms with van der Waals surface area (Å²) >= 11 is 0. The highest BCUT2D eigenvalue weighted by molar-refractivity contribution is 6.40. The summed E-state index contributed by atoms with van der Waals surface area (Å²) in [7, 11) is 0. The van der Waals surface area contributed by atoms with E-state index in [-0.39, 0.29) is 28.1 Å². The molecule has 2 unspecified atom stereocenters. The highest BCUT2D eigenvalue weighted by Gasteiger charge is 2.51. The first-order valence-corrected chi connectivity index (χ1v) is 26.0. The van der Waals surface area contributed by atoms with Crippen LogP contribution in [-0.4, -0.2) is 34.9 Å². The fourth-order valence-electron chi connectivity index (χ4n) is 11.4. The Kier molecular flexibility index (Phi) is 17.2. The first-order chi connectivity index (χ1) is 32.1. The molecule has 2 aromatic carbocycles. The van der Waals surface area contributed by atoms with Crippen LogP contribution in [0.15, 0.2) is 94.4 Å².